The van der Waals surface area contributed by atoms with Crippen LogP contribution in [0.1, 0.15) is 252 Å². The van der Waals surface area contributed by atoms with Crippen LogP contribution in [0.25, 0.3) is 0 Å². The normalized spacial score (nSPS) is 13.2. The third-order valence-electron chi connectivity index (χ3n) is 12.3. The molecule has 0 aliphatic rings. The van der Waals surface area contributed by atoms with Crippen LogP contribution in [0.5, 0.6) is 0 Å². The Kier molecular flexibility index (Phi) is 58.0. The Labute approximate surface area is 461 Å². The van der Waals surface area contributed by atoms with Gasteiger partial charge in [-0.15, -0.1) is 0 Å². The topological polar surface area (TPSA) is 78.9 Å². The van der Waals surface area contributed by atoms with Gasteiger partial charge in [0, 0.05) is 19.3 Å². The molecule has 0 fully saturated rings. The monoisotopic (exact) mass is 1030 g/mol. The molecule has 0 radical (unpaired) electrons. The molecule has 0 heterocycles. The van der Waals surface area contributed by atoms with Crippen molar-refractivity contribution in [1.29, 1.82) is 0 Å². The molecule has 0 aliphatic heterocycles. The standard InChI is InChI=1S/C69H110O6/c1-4-7-10-13-16-19-22-25-28-31-33-34-36-38-41-44-47-50-53-56-59-62-68(71)74-65-66(64-73-67(70)61-58-55-52-49-46-43-40-37-30-27-24-21-18-15-12-9-6-3)75-69(72)63-60-57-54-51-48-45-42-39-35-32-29-26-23-20-17-14-11-8-5-2/h8-9,11-12,17-18,20-21,26-27,29-31,33,35,39-40,43,45,48-49,52,54,57,66H,4-7,10,13-16,19,22-25,28,32,34,36-38,41-42,44,46-47,50-51,53,55-56,58-65H2,1-3H3/b11-8-,12-9-,20-17-,21-18-,29-26-,30-27-,33-31-,39-35-,43-40-,48-45-,52-49-,57-54-. The third-order valence-corrected chi connectivity index (χ3v) is 12.3. The van der Waals surface area contributed by atoms with Crippen molar-refractivity contribution in [3.8, 4) is 0 Å². The second-order valence-electron chi connectivity index (χ2n) is 19.5. The zero-order valence-corrected chi connectivity index (χ0v) is 48.3. The second-order valence-corrected chi connectivity index (χ2v) is 19.5. The molecule has 0 aromatic rings. The summed E-state index contributed by atoms with van der Waals surface area (Å²) in [5.41, 5.74) is 0. The van der Waals surface area contributed by atoms with Gasteiger partial charge in [0.1, 0.15) is 13.2 Å². The number of hydrogen-bond donors (Lipinski definition) is 0. The van der Waals surface area contributed by atoms with Crippen molar-refractivity contribution in [3.05, 3.63) is 146 Å². The number of hydrogen-bond acceptors (Lipinski definition) is 6. The molecule has 0 aromatic carbocycles. The summed E-state index contributed by atoms with van der Waals surface area (Å²) in [7, 11) is 0. The van der Waals surface area contributed by atoms with Crippen LogP contribution in [-0.4, -0.2) is 37.2 Å². The zero-order chi connectivity index (χ0) is 54.3. The van der Waals surface area contributed by atoms with Gasteiger partial charge in [-0.1, -0.05) is 256 Å². The first-order chi connectivity index (χ1) is 37.0. The molecular formula is C69H110O6. The first-order valence-corrected chi connectivity index (χ1v) is 30.3. The van der Waals surface area contributed by atoms with E-state index in [4.69, 9.17) is 14.2 Å². The van der Waals surface area contributed by atoms with E-state index in [2.05, 4.69) is 154 Å². The van der Waals surface area contributed by atoms with E-state index in [1.165, 1.54) is 103 Å². The number of rotatable bonds is 53. The molecule has 0 amide bonds. The maximum absolute atomic E-state index is 12.9. The Hall–Kier alpha value is -4.71. The van der Waals surface area contributed by atoms with Crippen molar-refractivity contribution < 1.29 is 28.6 Å². The molecular weight excluding hydrogens is 925 g/mol. The van der Waals surface area contributed by atoms with Gasteiger partial charge in [0.05, 0.1) is 0 Å². The Morgan fingerprint density at radius 1 is 0.280 bits per heavy atom. The van der Waals surface area contributed by atoms with E-state index in [9.17, 15) is 14.4 Å². The van der Waals surface area contributed by atoms with E-state index in [1.54, 1.807) is 0 Å². The van der Waals surface area contributed by atoms with E-state index >= 15 is 0 Å². The van der Waals surface area contributed by atoms with Crippen molar-refractivity contribution in [2.75, 3.05) is 13.2 Å². The van der Waals surface area contributed by atoms with Gasteiger partial charge in [-0.05, 0) is 122 Å². The first-order valence-electron chi connectivity index (χ1n) is 30.3. The summed E-state index contributed by atoms with van der Waals surface area (Å²) in [6, 6.07) is 0. The van der Waals surface area contributed by atoms with Gasteiger partial charge >= 0.3 is 17.9 Å². The van der Waals surface area contributed by atoms with Crippen LogP contribution >= 0.6 is 0 Å². The molecule has 422 valence electrons. The summed E-state index contributed by atoms with van der Waals surface area (Å²) in [6.07, 6.45) is 88.6. The molecule has 0 rings (SSSR count). The Balaban J connectivity index is 4.57. The molecule has 0 saturated carbocycles. The van der Waals surface area contributed by atoms with Crippen LogP contribution in [-0.2, 0) is 28.6 Å². The van der Waals surface area contributed by atoms with Gasteiger partial charge in [0.25, 0.3) is 0 Å². The van der Waals surface area contributed by atoms with E-state index in [1.807, 2.05) is 12.2 Å². The smallest absolute Gasteiger partial charge is 0.306 e. The Morgan fingerprint density at radius 2 is 0.560 bits per heavy atom. The van der Waals surface area contributed by atoms with Gasteiger partial charge in [0.15, 0.2) is 6.10 Å². The van der Waals surface area contributed by atoms with Crippen LogP contribution in [0, 0.1) is 0 Å². The molecule has 0 spiro atoms. The lowest BCUT2D eigenvalue weighted by atomic mass is 10.1. The van der Waals surface area contributed by atoms with Crippen LogP contribution in [0.15, 0.2) is 146 Å². The molecule has 0 saturated heterocycles. The summed E-state index contributed by atoms with van der Waals surface area (Å²) < 4.78 is 16.8. The SMILES string of the molecule is CC/C=C\C/C=C\C/C=C\C/C=C\C/C=C\C/C=C\CCC(=O)OC(COC(=O)CCC/C=C\C/C=C\C/C=C\C/C=C\C/C=C\CC)COC(=O)CCCCCCCCCCC/C=C\CCCCCCCCCC. The fourth-order valence-corrected chi connectivity index (χ4v) is 7.85. The van der Waals surface area contributed by atoms with Crippen LogP contribution in [0.2, 0.25) is 0 Å². The van der Waals surface area contributed by atoms with Crippen molar-refractivity contribution in [1.82, 2.24) is 0 Å². The average Bonchev–Trinajstić information content (AvgIpc) is 3.41. The highest BCUT2D eigenvalue weighted by Gasteiger charge is 2.19. The lowest BCUT2D eigenvalue weighted by Crippen LogP contribution is -2.30. The number of carbonyl (C=O) groups is 3. The van der Waals surface area contributed by atoms with E-state index in [-0.39, 0.29) is 38.0 Å². The number of esters is 3. The molecule has 6 heteroatoms. The molecule has 0 N–H and O–H groups in total. The predicted octanol–water partition coefficient (Wildman–Crippen LogP) is 20.8. The maximum Gasteiger partial charge on any atom is 0.306 e. The van der Waals surface area contributed by atoms with Crippen molar-refractivity contribution in [3.63, 3.8) is 0 Å². The molecule has 0 aliphatic carbocycles. The highest BCUT2D eigenvalue weighted by atomic mass is 16.6. The highest BCUT2D eigenvalue weighted by Crippen LogP contribution is 2.14. The maximum atomic E-state index is 12.9. The Morgan fingerprint density at radius 3 is 0.933 bits per heavy atom. The molecule has 0 bridgehead atoms. The van der Waals surface area contributed by atoms with E-state index < -0.39 is 12.1 Å². The van der Waals surface area contributed by atoms with E-state index in [0.717, 1.165) is 96.3 Å². The quantitative estimate of drug-likeness (QED) is 0.0261. The minimum atomic E-state index is -0.850. The minimum absolute atomic E-state index is 0.132. The van der Waals surface area contributed by atoms with Gasteiger partial charge in [0.2, 0.25) is 0 Å². The third kappa shape index (κ3) is 60.0. The fourth-order valence-electron chi connectivity index (χ4n) is 7.85. The molecule has 6 nitrogen and oxygen atoms in total. The van der Waals surface area contributed by atoms with Crippen molar-refractivity contribution in [2.24, 2.45) is 0 Å². The summed E-state index contributed by atoms with van der Waals surface area (Å²) in [6.45, 7) is 6.30. The summed E-state index contributed by atoms with van der Waals surface area (Å²) >= 11 is 0. The van der Waals surface area contributed by atoms with Gasteiger partial charge in [-0.2, -0.15) is 0 Å². The summed E-state index contributed by atoms with van der Waals surface area (Å²) in [5.74, 6) is -1.08. The number of allylic oxidation sites excluding steroid dienone is 24. The summed E-state index contributed by atoms with van der Waals surface area (Å²) in [4.78, 5) is 38.2. The van der Waals surface area contributed by atoms with Crippen LogP contribution in [0.4, 0.5) is 0 Å². The lowest BCUT2D eigenvalue weighted by Gasteiger charge is -2.18. The van der Waals surface area contributed by atoms with Crippen LogP contribution < -0.4 is 0 Å². The van der Waals surface area contributed by atoms with Crippen molar-refractivity contribution >= 4 is 17.9 Å². The predicted molar refractivity (Wildman–Crippen MR) is 325 cm³/mol. The second kappa shape index (κ2) is 61.8. The molecule has 1 atom stereocenters. The fraction of sp³-hybridized carbons (Fsp3) is 0.609. The molecule has 1 unspecified atom stereocenters. The minimum Gasteiger partial charge on any atom is -0.462 e. The van der Waals surface area contributed by atoms with Gasteiger partial charge < -0.3 is 14.2 Å². The first kappa shape index (κ1) is 70.3. The van der Waals surface area contributed by atoms with Crippen LogP contribution in [0.3, 0.4) is 0 Å². The zero-order valence-electron chi connectivity index (χ0n) is 48.3. The average molecular weight is 1040 g/mol. The Bertz CT molecular complexity index is 1660. The van der Waals surface area contributed by atoms with Gasteiger partial charge in [-0.25, -0.2) is 0 Å². The van der Waals surface area contributed by atoms with Crippen molar-refractivity contribution in [2.45, 2.75) is 258 Å². The molecule has 75 heavy (non-hydrogen) atoms. The number of unbranched alkanes of at least 4 members (excludes halogenated alkanes) is 18. The van der Waals surface area contributed by atoms with E-state index in [0.29, 0.717) is 19.3 Å². The largest absolute Gasteiger partial charge is 0.462 e. The number of carbonyl (C=O) groups excluding carboxylic acids is 3. The summed E-state index contributed by atoms with van der Waals surface area (Å²) in [5, 5.41) is 0. The highest BCUT2D eigenvalue weighted by molar-refractivity contribution is 5.71. The lowest BCUT2D eigenvalue weighted by molar-refractivity contribution is -0.166. The molecule has 0 aromatic heterocycles. The van der Waals surface area contributed by atoms with Gasteiger partial charge in [-0.3, -0.25) is 14.4 Å². The number of ether oxygens (including phenoxy) is 3.